The monoisotopic (exact) mass is 157 g/mol. The molecule has 0 unspecified atom stereocenters. The van der Waals surface area contributed by atoms with E-state index < -0.39 is 0 Å². The molecule has 0 atom stereocenters. The van der Waals surface area contributed by atoms with Crippen molar-refractivity contribution in [3.05, 3.63) is 6.79 Å². The predicted octanol–water partition coefficient (Wildman–Crippen LogP) is 1.63. The molecule has 1 radical (unpaired) electrons. The molecule has 1 aliphatic rings. The zero-order chi connectivity index (χ0) is 7.94. The summed E-state index contributed by atoms with van der Waals surface area (Å²) in [5, 5.41) is 0. The fourth-order valence-corrected chi connectivity index (χ4v) is 1.33. The molecule has 0 bridgehead atoms. The molecule has 0 aromatic carbocycles. The minimum atomic E-state index is 0.267. The Morgan fingerprint density at radius 2 is 1.91 bits per heavy atom. The molecule has 11 heavy (non-hydrogen) atoms. The van der Waals surface area contributed by atoms with Gasteiger partial charge in [0, 0.05) is 0 Å². The van der Waals surface area contributed by atoms with E-state index in [1.54, 1.807) is 0 Å². The van der Waals surface area contributed by atoms with Crippen molar-refractivity contribution in [2.45, 2.75) is 38.2 Å². The first-order chi connectivity index (χ1) is 5.43. The number of hydrogen-bond donors (Lipinski definition) is 0. The Balaban J connectivity index is 2.00. The molecule has 0 spiro atoms. The Bertz CT molecular complexity index is 108. The van der Waals surface area contributed by atoms with E-state index in [1.807, 2.05) is 0 Å². The first-order valence-corrected chi connectivity index (χ1v) is 4.00. The van der Waals surface area contributed by atoms with Gasteiger partial charge in [0.2, 0.25) is 0 Å². The smallest absolute Gasteiger partial charge is 0.295 e. The van der Waals surface area contributed by atoms with Gasteiger partial charge in [-0.3, -0.25) is 4.79 Å². The van der Waals surface area contributed by atoms with E-state index in [-0.39, 0.29) is 6.10 Å². The Morgan fingerprint density at radius 3 is 2.55 bits per heavy atom. The molecule has 1 fully saturated rings. The fourth-order valence-electron chi connectivity index (χ4n) is 1.33. The number of rotatable bonds is 4. The quantitative estimate of drug-likeness (QED) is 0.459. The highest BCUT2D eigenvalue weighted by atomic mass is 16.7. The molecule has 0 amide bonds. The molecule has 0 saturated heterocycles. The summed E-state index contributed by atoms with van der Waals surface area (Å²) >= 11 is 0. The molecule has 0 N–H and O–H groups in total. The van der Waals surface area contributed by atoms with E-state index in [2.05, 4.69) is 4.74 Å². The summed E-state index contributed by atoms with van der Waals surface area (Å²) in [4.78, 5) is 9.71. The minimum absolute atomic E-state index is 0.267. The number of carbonyl (C=O) groups excluding carboxylic acids is 1. The highest BCUT2D eigenvalue weighted by molar-refractivity contribution is 5.37. The van der Waals surface area contributed by atoms with Crippen LogP contribution < -0.4 is 0 Å². The van der Waals surface area contributed by atoms with Crippen LogP contribution in [0.3, 0.4) is 0 Å². The fraction of sp³-hybridized carbons (Fsp3) is 0.750. The van der Waals surface area contributed by atoms with Gasteiger partial charge in [-0.1, -0.05) is 19.3 Å². The number of carbonyl (C=O) groups is 1. The average Bonchev–Trinajstić information content (AvgIpc) is 2.07. The Morgan fingerprint density at radius 1 is 1.18 bits per heavy atom. The highest BCUT2D eigenvalue weighted by Gasteiger charge is 2.13. The van der Waals surface area contributed by atoms with Crippen molar-refractivity contribution in [2.75, 3.05) is 0 Å². The first kappa shape index (κ1) is 8.53. The van der Waals surface area contributed by atoms with Gasteiger partial charge in [0.05, 0.1) is 6.10 Å². The largest absolute Gasteiger partial charge is 0.431 e. The summed E-state index contributed by atoms with van der Waals surface area (Å²) in [5.41, 5.74) is 0. The third-order valence-electron chi connectivity index (χ3n) is 1.91. The average molecular weight is 157 g/mol. The Kier molecular flexibility index (Phi) is 3.98. The van der Waals surface area contributed by atoms with Crippen molar-refractivity contribution in [1.29, 1.82) is 0 Å². The molecule has 63 valence electrons. The lowest BCUT2D eigenvalue weighted by atomic mass is 9.98. The zero-order valence-corrected chi connectivity index (χ0v) is 6.49. The van der Waals surface area contributed by atoms with Gasteiger partial charge >= 0.3 is 0 Å². The van der Waals surface area contributed by atoms with Gasteiger partial charge in [-0.15, -0.1) is 0 Å². The van der Waals surface area contributed by atoms with Crippen LogP contribution in [0.4, 0.5) is 0 Å². The lowest BCUT2D eigenvalue weighted by molar-refractivity contribution is -0.134. The van der Waals surface area contributed by atoms with Crippen LogP contribution in [0, 0.1) is 6.79 Å². The summed E-state index contributed by atoms with van der Waals surface area (Å²) in [5.74, 6) is 0. The highest BCUT2D eigenvalue weighted by Crippen LogP contribution is 2.20. The summed E-state index contributed by atoms with van der Waals surface area (Å²) in [7, 11) is 0. The zero-order valence-electron chi connectivity index (χ0n) is 6.49. The maximum atomic E-state index is 9.71. The molecular weight excluding hydrogens is 144 g/mol. The third kappa shape index (κ3) is 3.37. The van der Waals surface area contributed by atoms with E-state index in [1.165, 1.54) is 19.3 Å². The van der Waals surface area contributed by atoms with E-state index >= 15 is 0 Å². The normalized spacial score (nSPS) is 19.6. The molecule has 0 aromatic heterocycles. The molecule has 1 aliphatic carbocycles. The maximum Gasteiger partial charge on any atom is 0.295 e. The summed E-state index contributed by atoms with van der Waals surface area (Å²) < 4.78 is 9.45. The van der Waals surface area contributed by atoms with Gasteiger partial charge < -0.3 is 9.47 Å². The van der Waals surface area contributed by atoms with Gasteiger partial charge in [-0.2, -0.15) is 0 Å². The Labute approximate surface area is 66.7 Å². The lowest BCUT2D eigenvalue weighted by Crippen LogP contribution is -2.15. The van der Waals surface area contributed by atoms with E-state index in [4.69, 9.17) is 4.74 Å². The van der Waals surface area contributed by atoms with Gasteiger partial charge in [0.15, 0.2) is 0 Å². The number of hydrogen-bond acceptors (Lipinski definition) is 3. The van der Waals surface area contributed by atoms with Crippen LogP contribution in [0.1, 0.15) is 32.1 Å². The van der Waals surface area contributed by atoms with E-state index in [0.717, 1.165) is 19.6 Å². The number of ether oxygens (including phenoxy) is 2. The van der Waals surface area contributed by atoms with Crippen LogP contribution in [0.2, 0.25) is 0 Å². The second kappa shape index (κ2) is 5.13. The van der Waals surface area contributed by atoms with Crippen LogP contribution >= 0.6 is 0 Å². The standard InChI is InChI=1S/C8H13O3/c9-6-10-7-11-8-4-2-1-3-5-8/h6-8H,1-5H2. The molecular formula is C8H13O3. The molecule has 3 heteroatoms. The van der Waals surface area contributed by atoms with Crippen molar-refractivity contribution in [3.63, 3.8) is 0 Å². The van der Waals surface area contributed by atoms with Crippen molar-refractivity contribution >= 4 is 6.47 Å². The van der Waals surface area contributed by atoms with Crippen LogP contribution in [0.15, 0.2) is 0 Å². The van der Waals surface area contributed by atoms with Crippen molar-refractivity contribution in [1.82, 2.24) is 0 Å². The molecule has 0 heterocycles. The molecule has 1 rings (SSSR count). The van der Waals surface area contributed by atoms with Crippen molar-refractivity contribution < 1.29 is 14.3 Å². The molecule has 1 saturated carbocycles. The molecule has 0 aliphatic heterocycles. The van der Waals surface area contributed by atoms with Crippen LogP contribution in [-0.2, 0) is 14.3 Å². The molecule has 0 aromatic rings. The van der Waals surface area contributed by atoms with Crippen molar-refractivity contribution in [3.8, 4) is 0 Å². The minimum Gasteiger partial charge on any atom is -0.431 e. The van der Waals surface area contributed by atoms with Crippen LogP contribution in [0.5, 0.6) is 0 Å². The summed E-state index contributed by atoms with van der Waals surface area (Å²) in [6.45, 7) is 1.49. The van der Waals surface area contributed by atoms with E-state index in [0.29, 0.717) is 6.47 Å². The predicted molar refractivity (Wildman–Crippen MR) is 39.4 cm³/mol. The Hall–Kier alpha value is -0.570. The molecule has 3 nitrogen and oxygen atoms in total. The van der Waals surface area contributed by atoms with Gasteiger partial charge in [0.25, 0.3) is 13.3 Å². The summed E-state index contributed by atoms with van der Waals surface area (Å²) in [6.07, 6.45) is 6.18. The second-order valence-electron chi connectivity index (χ2n) is 2.72. The van der Waals surface area contributed by atoms with Gasteiger partial charge in [-0.05, 0) is 12.8 Å². The third-order valence-corrected chi connectivity index (χ3v) is 1.91. The summed E-state index contributed by atoms with van der Waals surface area (Å²) in [6, 6.07) is 0. The second-order valence-corrected chi connectivity index (χ2v) is 2.72. The SMILES string of the molecule is O=CO[CH]OC1CCCCC1. The van der Waals surface area contributed by atoms with E-state index in [9.17, 15) is 4.79 Å². The lowest BCUT2D eigenvalue weighted by Gasteiger charge is -2.20. The topological polar surface area (TPSA) is 35.5 Å². The maximum absolute atomic E-state index is 9.71. The van der Waals surface area contributed by atoms with Gasteiger partial charge in [-0.25, -0.2) is 0 Å². The van der Waals surface area contributed by atoms with Crippen LogP contribution in [0.25, 0.3) is 0 Å². The van der Waals surface area contributed by atoms with Crippen LogP contribution in [-0.4, -0.2) is 12.6 Å². The first-order valence-electron chi connectivity index (χ1n) is 4.00. The van der Waals surface area contributed by atoms with Crippen molar-refractivity contribution in [2.24, 2.45) is 0 Å². The van der Waals surface area contributed by atoms with Gasteiger partial charge in [0.1, 0.15) is 0 Å².